The monoisotopic (exact) mass is 300 g/mol. The number of nitrogens with one attached hydrogen (secondary N) is 1. The van der Waals surface area contributed by atoms with E-state index in [2.05, 4.69) is 5.32 Å². The highest BCUT2D eigenvalue weighted by Crippen LogP contribution is 2.21. The molecule has 0 spiro atoms. The van der Waals surface area contributed by atoms with Gasteiger partial charge in [-0.25, -0.2) is 0 Å². The number of nitriles is 1. The van der Waals surface area contributed by atoms with E-state index in [0.717, 1.165) is 0 Å². The second-order valence-corrected chi connectivity index (χ2v) is 4.35. The molecule has 0 heterocycles. The molecule has 0 radical (unpaired) electrons. The second-order valence-electron chi connectivity index (χ2n) is 4.35. The predicted molar refractivity (Wildman–Crippen MR) is 69.6 cm³/mol. The number of carbonyl (C=O) groups is 1. The Bertz CT molecular complexity index is 492. The van der Waals surface area contributed by atoms with Crippen molar-refractivity contribution in [2.75, 3.05) is 13.2 Å². The van der Waals surface area contributed by atoms with Crippen molar-refractivity contribution >= 4 is 5.91 Å². The van der Waals surface area contributed by atoms with Gasteiger partial charge in [0.1, 0.15) is 5.75 Å². The first-order valence-electron chi connectivity index (χ1n) is 6.37. The van der Waals surface area contributed by atoms with E-state index in [0.29, 0.717) is 11.3 Å². The van der Waals surface area contributed by atoms with E-state index in [-0.39, 0.29) is 26.0 Å². The Balaban J connectivity index is 2.15. The van der Waals surface area contributed by atoms with Crippen LogP contribution in [0, 0.1) is 11.3 Å². The fourth-order valence-electron chi connectivity index (χ4n) is 1.50. The normalized spacial score (nSPS) is 10.8. The summed E-state index contributed by atoms with van der Waals surface area (Å²) in [5.74, 6) is 0.0487. The number of alkyl halides is 3. The molecule has 0 unspecified atom stereocenters. The molecule has 1 aromatic carbocycles. The number of ether oxygens (including phenoxy) is 1. The molecule has 0 bridgehead atoms. The van der Waals surface area contributed by atoms with Crippen LogP contribution in [-0.2, 0) is 4.79 Å². The Morgan fingerprint density at radius 1 is 1.24 bits per heavy atom. The number of unbranched alkanes of at least 4 members (excludes halogenated alkanes) is 1. The lowest BCUT2D eigenvalue weighted by Gasteiger charge is -2.08. The predicted octanol–water partition coefficient (Wildman–Crippen LogP) is 2.79. The quantitative estimate of drug-likeness (QED) is 0.788. The molecule has 1 rings (SSSR count). The third kappa shape index (κ3) is 7.82. The van der Waals surface area contributed by atoms with E-state index in [9.17, 15) is 18.0 Å². The molecule has 0 aliphatic carbocycles. The van der Waals surface area contributed by atoms with E-state index in [1.54, 1.807) is 24.3 Å². The molecule has 0 saturated heterocycles. The highest BCUT2D eigenvalue weighted by atomic mass is 19.4. The Morgan fingerprint density at radius 2 is 1.90 bits per heavy atom. The molecule has 1 aromatic rings. The second kappa shape index (κ2) is 8.15. The summed E-state index contributed by atoms with van der Waals surface area (Å²) in [5, 5.41) is 11.1. The minimum Gasteiger partial charge on any atom is -0.484 e. The maximum absolute atomic E-state index is 11.9. The Hall–Kier alpha value is -2.23. The minimum atomic E-state index is -4.15. The maximum Gasteiger partial charge on any atom is 0.389 e. The van der Waals surface area contributed by atoms with Gasteiger partial charge in [-0.2, -0.15) is 18.4 Å². The summed E-state index contributed by atoms with van der Waals surface area (Å²) in [6.07, 6.45) is -4.74. The van der Waals surface area contributed by atoms with E-state index in [1.165, 1.54) is 0 Å². The molecule has 1 N–H and O–H groups in total. The van der Waals surface area contributed by atoms with Gasteiger partial charge < -0.3 is 10.1 Å². The molecular formula is C14H15F3N2O2. The van der Waals surface area contributed by atoms with Gasteiger partial charge >= 0.3 is 6.18 Å². The lowest BCUT2D eigenvalue weighted by molar-refractivity contribution is -0.135. The molecule has 0 aliphatic heterocycles. The van der Waals surface area contributed by atoms with Crippen LogP contribution in [0.3, 0.4) is 0 Å². The summed E-state index contributed by atoms with van der Waals surface area (Å²) in [4.78, 5) is 11.4. The number of hydrogen-bond donors (Lipinski definition) is 1. The molecule has 1 amide bonds. The molecular weight excluding hydrogens is 285 g/mol. The topological polar surface area (TPSA) is 62.1 Å². The van der Waals surface area contributed by atoms with Crippen LogP contribution >= 0.6 is 0 Å². The van der Waals surface area contributed by atoms with Crippen molar-refractivity contribution in [1.29, 1.82) is 5.26 Å². The molecule has 4 nitrogen and oxygen atoms in total. The highest BCUT2D eigenvalue weighted by Gasteiger charge is 2.25. The molecule has 21 heavy (non-hydrogen) atoms. The summed E-state index contributed by atoms with van der Waals surface area (Å²) < 4.78 is 40.8. The average molecular weight is 300 g/mol. The van der Waals surface area contributed by atoms with Crippen molar-refractivity contribution in [3.63, 3.8) is 0 Å². The van der Waals surface area contributed by atoms with Gasteiger partial charge in [0.05, 0.1) is 11.6 Å². The van der Waals surface area contributed by atoms with Crippen molar-refractivity contribution in [3.8, 4) is 11.8 Å². The fraction of sp³-hybridized carbons (Fsp3) is 0.429. The highest BCUT2D eigenvalue weighted by molar-refractivity contribution is 5.77. The van der Waals surface area contributed by atoms with Crippen LogP contribution in [0.25, 0.3) is 0 Å². The molecule has 0 saturated carbocycles. The zero-order valence-electron chi connectivity index (χ0n) is 11.2. The summed E-state index contributed by atoms with van der Waals surface area (Å²) >= 11 is 0. The lowest BCUT2D eigenvalue weighted by atomic mass is 10.2. The van der Waals surface area contributed by atoms with Crippen molar-refractivity contribution in [2.45, 2.75) is 25.4 Å². The third-order valence-electron chi connectivity index (χ3n) is 2.56. The number of carbonyl (C=O) groups excluding carboxylic acids is 1. The first kappa shape index (κ1) is 16.8. The van der Waals surface area contributed by atoms with Gasteiger partial charge in [0.2, 0.25) is 0 Å². The van der Waals surface area contributed by atoms with Gasteiger partial charge in [-0.1, -0.05) is 0 Å². The standard InChI is InChI=1S/C14H15F3N2O2/c15-14(16,17)7-1-2-8-19-13(20)10-21-12-5-3-11(9-18)4-6-12/h3-6H,1-2,7-8,10H2,(H,19,20). The molecule has 7 heteroatoms. The summed E-state index contributed by atoms with van der Waals surface area (Å²) in [6, 6.07) is 8.20. The van der Waals surface area contributed by atoms with Crippen LogP contribution in [0.5, 0.6) is 5.75 Å². The Kier molecular flexibility index (Phi) is 6.53. The number of hydrogen-bond acceptors (Lipinski definition) is 3. The largest absolute Gasteiger partial charge is 0.484 e. The van der Waals surface area contributed by atoms with Crippen LogP contribution in [0.15, 0.2) is 24.3 Å². The van der Waals surface area contributed by atoms with E-state index >= 15 is 0 Å². The van der Waals surface area contributed by atoms with Crippen LogP contribution < -0.4 is 10.1 Å². The molecule has 0 aromatic heterocycles. The minimum absolute atomic E-state index is 0.0136. The van der Waals surface area contributed by atoms with Gasteiger partial charge in [0.15, 0.2) is 6.61 Å². The number of rotatable bonds is 7. The summed E-state index contributed by atoms with van der Waals surface area (Å²) in [7, 11) is 0. The van der Waals surface area contributed by atoms with Gasteiger partial charge in [-0.15, -0.1) is 0 Å². The van der Waals surface area contributed by atoms with Gasteiger partial charge in [0.25, 0.3) is 5.91 Å². The number of benzene rings is 1. The van der Waals surface area contributed by atoms with Crippen molar-refractivity contribution in [2.24, 2.45) is 0 Å². The van der Waals surface area contributed by atoms with Gasteiger partial charge in [-0.3, -0.25) is 4.79 Å². The van der Waals surface area contributed by atoms with Crippen molar-refractivity contribution in [3.05, 3.63) is 29.8 Å². The average Bonchev–Trinajstić information content (AvgIpc) is 2.44. The van der Waals surface area contributed by atoms with E-state index in [1.807, 2.05) is 6.07 Å². The fourth-order valence-corrected chi connectivity index (χ4v) is 1.50. The summed E-state index contributed by atoms with van der Waals surface area (Å²) in [6.45, 7) is -0.0309. The van der Waals surface area contributed by atoms with Crippen LogP contribution in [0.2, 0.25) is 0 Å². The molecule has 0 aliphatic rings. The zero-order valence-corrected chi connectivity index (χ0v) is 11.2. The van der Waals surface area contributed by atoms with Crippen LogP contribution in [-0.4, -0.2) is 25.2 Å². The first-order chi connectivity index (χ1) is 9.90. The van der Waals surface area contributed by atoms with E-state index < -0.39 is 18.5 Å². The number of amides is 1. The molecule has 114 valence electrons. The number of nitrogens with zero attached hydrogens (tertiary/aromatic N) is 1. The van der Waals surface area contributed by atoms with E-state index in [4.69, 9.17) is 10.00 Å². The third-order valence-corrected chi connectivity index (χ3v) is 2.56. The van der Waals surface area contributed by atoms with Crippen LogP contribution in [0.1, 0.15) is 24.8 Å². The van der Waals surface area contributed by atoms with Gasteiger partial charge in [0, 0.05) is 13.0 Å². The van der Waals surface area contributed by atoms with Crippen molar-refractivity contribution < 1.29 is 22.7 Å². The SMILES string of the molecule is N#Cc1ccc(OCC(=O)NCCCCC(F)(F)F)cc1. The van der Waals surface area contributed by atoms with Gasteiger partial charge in [-0.05, 0) is 37.1 Å². The van der Waals surface area contributed by atoms with Crippen LogP contribution in [0.4, 0.5) is 13.2 Å². The van der Waals surface area contributed by atoms with Crippen molar-refractivity contribution in [1.82, 2.24) is 5.32 Å². The Morgan fingerprint density at radius 3 is 2.48 bits per heavy atom. The Labute approximate surface area is 120 Å². The first-order valence-corrected chi connectivity index (χ1v) is 6.37. The lowest BCUT2D eigenvalue weighted by Crippen LogP contribution is -2.29. The molecule has 0 fully saturated rings. The number of halogens is 3. The molecule has 0 atom stereocenters. The smallest absolute Gasteiger partial charge is 0.389 e. The zero-order chi connectivity index (χ0) is 15.7. The summed E-state index contributed by atoms with van der Waals surface area (Å²) in [5.41, 5.74) is 0.483. The maximum atomic E-state index is 11.9.